The van der Waals surface area contributed by atoms with Crippen LogP contribution in [0.15, 0.2) is 65.0 Å². The summed E-state index contributed by atoms with van der Waals surface area (Å²) in [6.07, 6.45) is 6.63. The van der Waals surface area contributed by atoms with Crippen LogP contribution >= 0.6 is 0 Å². The van der Waals surface area contributed by atoms with Crippen molar-refractivity contribution in [1.29, 1.82) is 0 Å². The first kappa shape index (κ1) is 30.5. The van der Waals surface area contributed by atoms with Crippen molar-refractivity contribution >= 4 is 27.7 Å². The SMILES string of the molecule is CCC(CC)C(=O)/C=C(\O)C(CC)CC.Cc1[c-]c(-c2nc3ccccc3c3occc23)cc(C)c1.[Ir]. The van der Waals surface area contributed by atoms with Gasteiger partial charge < -0.3 is 9.52 Å². The zero-order valence-electron chi connectivity index (χ0n) is 22.7. The summed E-state index contributed by atoms with van der Waals surface area (Å²) in [4.78, 5) is 16.6. The minimum atomic E-state index is 0. The molecule has 0 saturated heterocycles. The zero-order valence-corrected chi connectivity index (χ0v) is 25.1. The van der Waals surface area contributed by atoms with Crippen LogP contribution in [0.1, 0.15) is 64.5 Å². The molecule has 0 atom stereocenters. The maximum absolute atomic E-state index is 11.7. The number of nitrogens with zero attached hydrogens (tertiary/aromatic N) is 1. The Kier molecular flexibility index (Phi) is 11.7. The first-order valence-corrected chi connectivity index (χ1v) is 13.0. The summed E-state index contributed by atoms with van der Waals surface area (Å²) in [6, 6.07) is 17.7. The number of carbonyl (C=O) groups excluding carboxylic acids is 1. The van der Waals surface area contributed by atoms with E-state index in [0.717, 1.165) is 64.4 Å². The molecule has 4 nitrogen and oxygen atoms in total. The molecular formula is C32H38IrNO3-. The fourth-order valence-electron chi connectivity index (χ4n) is 4.66. The van der Waals surface area contributed by atoms with Crippen molar-refractivity contribution in [1.82, 2.24) is 4.98 Å². The summed E-state index contributed by atoms with van der Waals surface area (Å²) in [5.74, 6) is 0.547. The van der Waals surface area contributed by atoms with E-state index in [1.54, 1.807) is 6.26 Å². The van der Waals surface area contributed by atoms with Gasteiger partial charge in [0.05, 0.1) is 17.5 Å². The molecule has 0 unspecified atom stereocenters. The van der Waals surface area contributed by atoms with Gasteiger partial charge in [-0.2, -0.15) is 0 Å². The van der Waals surface area contributed by atoms with Crippen LogP contribution in [0.3, 0.4) is 0 Å². The number of benzene rings is 2. The summed E-state index contributed by atoms with van der Waals surface area (Å²) in [5.41, 5.74) is 6.13. The van der Waals surface area contributed by atoms with E-state index in [-0.39, 0.29) is 43.5 Å². The van der Waals surface area contributed by atoms with Crippen LogP contribution in [0.5, 0.6) is 0 Å². The molecule has 0 fully saturated rings. The molecule has 0 aliphatic heterocycles. The Balaban J connectivity index is 0.000000271. The number of furan rings is 1. The molecule has 0 saturated carbocycles. The first-order valence-electron chi connectivity index (χ1n) is 13.0. The molecule has 0 bridgehead atoms. The molecule has 5 heteroatoms. The number of fused-ring (bicyclic) bond motifs is 3. The number of hydrogen-bond acceptors (Lipinski definition) is 4. The van der Waals surface area contributed by atoms with Gasteiger partial charge in [-0.25, -0.2) is 0 Å². The molecule has 2 aromatic carbocycles. The van der Waals surface area contributed by atoms with Gasteiger partial charge in [-0.3, -0.25) is 9.78 Å². The van der Waals surface area contributed by atoms with Gasteiger partial charge in [-0.05, 0) is 49.6 Å². The standard InChI is InChI=1S/C19H14NO.C13H24O2.Ir/c1-12-9-13(2)11-14(10-12)18-16-7-8-21-19(16)15-5-3-4-6-17(15)20-18;1-5-10(6-2)12(14)9-13(15)11(7-3)8-4;/h3-10H,1-2H3;9-11,14H,5-8H2,1-4H3;/q-1;;/b;12-9-;. The average Bonchev–Trinajstić information content (AvgIpc) is 3.35. The van der Waals surface area contributed by atoms with Crippen LogP contribution in [0, 0.1) is 31.7 Å². The van der Waals surface area contributed by atoms with Gasteiger partial charge >= 0.3 is 0 Å². The average molecular weight is 677 g/mol. The monoisotopic (exact) mass is 677 g/mol. The van der Waals surface area contributed by atoms with Crippen molar-refractivity contribution < 1.29 is 34.4 Å². The molecule has 1 N–H and O–H groups in total. The van der Waals surface area contributed by atoms with Crippen LogP contribution in [0.2, 0.25) is 0 Å². The number of aliphatic hydroxyl groups is 1. The molecule has 2 heterocycles. The largest absolute Gasteiger partial charge is 0.512 e. The number of aliphatic hydroxyl groups excluding tert-OH is 1. The van der Waals surface area contributed by atoms with Crippen molar-refractivity contribution in [2.24, 2.45) is 11.8 Å². The minimum Gasteiger partial charge on any atom is -0.512 e. The second kappa shape index (κ2) is 14.3. The maximum Gasteiger partial charge on any atom is 0.162 e. The summed E-state index contributed by atoms with van der Waals surface area (Å²) >= 11 is 0. The van der Waals surface area contributed by atoms with Crippen LogP contribution in [0.25, 0.3) is 33.1 Å². The van der Waals surface area contributed by atoms with Crippen LogP contribution in [-0.2, 0) is 24.9 Å². The third-order valence-electron chi connectivity index (χ3n) is 6.79. The predicted molar refractivity (Wildman–Crippen MR) is 149 cm³/mol. The molecule has 0 amide bonds. The van der Waals surface area contributed by atoms with E-state index in [2.05, 4.69) is 32.0 Å². The molecule has 4 aromatic rings. The van der Waals surface area contributed by atoms with Gasteiger partial charge in [0.15, 0.2) is 5.78 Å². The van der Waals surface area contributed by atoms with E-state index in [1.807, 2.05) is 58.0 Å². The van der Waals surface area contributed by atoms with E-state index >= 15 is 0 Å². The Morgan fingerprint density at radius 2 is 1.62 bits per heavy atom. The number of para-hydroxylation sites is 1. The number of hydrogen-bond donors (Lipinski definition) is 1. The van der Waals surface area contributed by atoms with E-state index in [4.69, 9.17) is 9.40 Å². The van der Waals surface area contributed by atoms with Gasteiger partial charge in [-0.1, -0.05) is 53.7 Å². The Bertz CT molecular complexity index is 1330. The molecule has 2 aromatic heterocycles. The second-order valence-corrected chi connectivity index (χ2v) is 9.39. The molecule has 0 spiro atoms. The van der Waals surface area contributed by atoms with Gasteiger partial charge in [0.2, 0.25) is 0 Å². The minimum absolute atomic E-state index is 0. The quantitative estimate of drug-likeness (QED) is 0.115. The summed E-state index contributed by atoms with van der Waals surface area (Å²) in [5, 5.41) is 11.8. The van der Waals surface area contributed by atoms with E-state index in [0.29, 0.717) is 0 Å². The zero-order chi connectivity index (χ0) is 26.2. The third kappa shape index (κ3) is 7.40. The fourth-order valence-corrected chi connectivity index (χ4v) is 4.66. The van der Waals surface area contributed by atoms with Crippen molar-refractivity contribution in [3.63, 3.8) is 0 Å². The third-order valence-corrected chi connectivity index (χ3v) is 6.79. The van der Waals surface area contributed by atoms with Crippen molar-refractivity contribution in [3.05, 3.63) is 77.8 Å². The van der Waals surface area contributed by atoms with Gasteiger partial charge in [-0.15, -0.1) is 34.9 Å². The number of pyridine rings is 1. The number of carbonyl (C=O) groups is 1. The number of aryl methyl sites for hydroxylation is 2. The number of aromatic nitrogens is 1. The van der Waals surface area contributed by atoms with Crippen LogP contribution in [0.4, 0.5) is 0 Å². The molecule has 37 heavy (non-hydrogen) atoms. The molecule has 1 radical (unpaired) electrons. The Labute approximate surface area is 234 Å². The van der Waals surface area contributed by atoms with Crippen LogP contribution in [-0.4, -0.2) is 15.9 Å². The smallest absolute Gasteiger partial charge is 0.162 e. The molecular weight excluding hydrogens is 639 g/mol. The summed E-state index contributed by atoms with van der Waals surface area (Å²) < 4.78 is 5.70. The van der Waals surface area contributed by atoms with E-state index in [1.165, 1.54) is 11.6 Å². The second-order valence-electron chi connectivity index (χ2n) is 9.39. The Morgan fingerprint density at radius 1 is 0.973 bits per heavy atom. The summed E-state index contributed by atoms with van der Waals surface area (Å²) in [7, 11) is 0. The fraction of sp³-hybridized carbons (Fsp3) is 0.375. The van der Waals surface area contributed by atoms with Gasteiger partial charge in [0, 0.05) is 48.8 Å². The number of ketones is 1. The Hall–Kier alpha value is -2.75. The van der Waals surface area contributed by atoms with E-state index in [9.17, 15) is 9.90 Å². The normalized spacial score (nSPS) is 11.5. The van der Waals surface area contributed by atoms with Crippen molar-refractivity contribution in [2.45, 2.75) is 67.2 Å². The molecule has 4 rings (SSSR count). The number of rotatable bonds is 8. The first-order chi connectivity index (χ1) is 17.3. The van der Waals surface area contributed by atoms with Gasteiger partial charge in [0.1, 0.15) is 5.58 Å². The predicted octanol–water partition coefficient (Wildman–Crippen LogP) is 8.93. The molecule has 199 valence electrons. The maximum atomic E-state index is 11.7. The topological polar surface area (TPSA) is 63.3 Å². The molecule has 0 aliphatic rings. The summed E-state index contributed by atoms with van der Waals surface area (Å²) in [6.45, 7) is 12.2. The van der Waals surface area contributed by atoms with Crippen LogP contribution < -0.4 is 0 Å². The van der Waals surface area contributed by atoms with Gasteiger partial charge in [0.25, 0.3) is 0 Å². The molecule has 0 aliphatic carbocycles. The van der Waals surface area contributed by atoms with E-state index < -0.39 is 0 Å². The number of allylic oxidation sites excluding steroid dienone is 2. The Morgan fingerprint density at radius 3 is 2.24 bits per heavy atom. The van der Waals surface area contributed by atoms with Crippen molar-refractivity contribution in [3.8, 4) is 11.3 Å². The van der Waals surface area contributed by atoms with Crippen molar-refractivity contribution in [2.75, 3.05) is 0 Å².